The van der Waals surface area contributed by atoms with E-state index in [0.29, 0.717) is 4.47 Å². The van der Waals surface area contributed by atoms with Crippen molar-refractivity contribution >= 4 is 41.6 Å². The molecule has 0 fully saturated rings. The number of rotatable bonds is 6. The molecule has 1 aromatic rings. The van der Waals surface area contributed by atoms with E-state index in [0.717, 1.165) is 10.6 Å². The van der Waals surface area contributed by atoms with E-state index in [9.17, 15) is 16.8 Å². The lowest BCUT2D eigenvalue weighted by molar-refractivity contribution is 0.485. The normalized spacial score (nSPS) is 12.7. The van der Waals surface area contributed by atoms with E-state index < -0.39 is 19.9 Å². The molecule has 0 aliphatic rings. The Kier molecular flexibility index (Phi) is 5.53. The number of nitrogens with zero attached hydrogens (tertiary/aromatic N) is 2. The van der Waals surface area contributed by atoms with Crippen LogP contribution in [-0.2, 0) is 19.9 Å². The molecular weight excluding hydrogens is 370 g/mol. The second kappa shape index (κ2) is 6.37. The Balaban J connectivity index is 3.13. The summed E-state index contributed by atoms with van der Waals surface area (Å²) in [6, 6.07) is 1.42. The zero-order valence-electron chi connectivity index (χ0n) is 11.3. The fourth-order valence-electron chi connectivity index (χ4n) is 1.39. The van der Waals surface area contributed by atoms with Crippen LogP contribution in [0.3, 0.4) is 0 Å². The molecule has 0 atom stereocenters. The van der Waals surface area contributed by atoms with Crippen molar-refractivity contribution in [3.05, 3.63) is 16.7 Å². The third kappa shape index (κ3) is 4.40. The minimum absolute atomic E-state index is 0.00891. The van der Waals surface area contributed by atoms with Gasteiger partial charge in [-0.2, -0.15) is 4.31 Å². The molecule has 0 spiro atoms. The lowest BCUT2D eigenvalue weighted by atomic mass is 10.4. The van der Waals surface area contributed by atoms with E-state index in [4.69, 9.17) is 0 Å². The van der Waals surface area contributed by atoms with Crippen LogP contribution in [0, 0.1) is 0 Å². The van der Waals surface area contributed by atoms with E-state index in [-0.39, 0.29) is 23.0 Å². The van der Waals surface area contributed by atoms with Crippen LogP contribution >= 0.6 is 15.9 Å². The summed E-state index contributed by atoms with van der Waals surface area (Å²) in [5, 5.41) is 2.70. The van der Waals surface area contributed by atoms with Gasteiger partial charge in [0.25, 0.3) is 0 Å². The van der Waals surface area contributed by atoms with Gasteiger partial charge in [-0.3, -0.25) is 0 Å². The number of halogens is 1. The smallest absolute Gasteiger partial charge is 0.246 e. The van der Waals surface area contributed by atoms with Gasteiger partial charge in [0.2, 0.25) is 10.0 Å². The molecule has 0 aromatic carbocycles. The predicted octanol–water partition coefficient (Wildman–Crippen LogP) is 0.551. The molecule has 0 aliphatic heterocycles. The lowest BCUT2D eigenvalue weighted by Crippen LogP contribution is -2.32. The highest BCUT2D eigenvalue weighted by atomic mass is 79.9. The minimum Gasteiger partial charge on any atom is -0.372 e. The highest BCUT2D eigenvalue weighted by Crippen LogP contribution is 2.25. The summed E-state index contributed by atoms with van der Waals surface area (Å²) in [6.07, 6.45) is 2.54. The van der Waals surface area contributed by atoms with Crippen LogP contribution < -0.4 is 5.32 Å². The molecule has 1 aromatic heterocycles. The Labute approximate surface area is 127 Å². The molecule has 1 N–H and O–H groups in total. The number of hydrogen-bond donors (Lipinski definition) is 1. The van der Waals surface area contributed by atoms with Crippen LogP contribution in [0.15, 0.2) is 21.6 Å². The Hall–Kier alpha value is -0.710. The first kappa shape index (κ1) is 17.3. The van der Waals surface area contributed by atoms with E-state index in [1.165, 1.54) is 19.3 Å². The second-order valence-corrected chi connectivity index (χ2v) is 9.40. The summed E-state index contributed by atoms with van der Waals surface area (Å²) in [7, 11) is -4.15. The van der Waals surface area contributed by atoms with Crippen molar-refractivity contribution in [3.8, 4) is 0 Å². The number of sulfone groups is 1. The number of sulfonamides is 1. The van der Waals surface area contributed by atoms with Gasteiger partial charge < -0.3 is 5.32 Å². The Bertz CT molecular complexity index is 688. The van der Waals surface area contributed by atoms with Crippen LogP contribution in [0.5, 0.6) is 0 Å². The molecule has 0 aliphatic carbocycles. The van der Waals surface area contributed by atoms with Gasteiger partial charge in [0, 0.05) is 37.6 Å². The monoisotopic (exact) mass is 385 g/mol. The highest BCUT2D eigenvalue weighted by Gasteiger charge is 2.25. The SMILES string of the molecule is CNc1ncc(Br)cc1S(=O)(=O)N(C)CCS(C)(=O)=O. The number of pyridine rings is 1. The van der Waals surface area contributed by atoms with Crippen LogP contribution in [-0.4, -0.2) is 58.8 Å². The van der Waals surface area contributed by atoms with Crippen LogP contribution in [0.25, 0.3) is 0 Å². The summed E-state index contributed by atoms with van der Waals surface area (Å²) >= 11 is 3.17. The van der Waals surface area contributed by atoms with Gasteiger partial charge >= 0.3 is 0 Å². The number of hydrogen-bond acceptors (Lipinski definition) is 6. The van der Waals surface area contributed by atoms with Gasteiger partial charge in [0.05, 0.1) is 5.75 Å². The first-order valence-electron chi connectivity index (χ1n) is 5.55. The summed E-state index contributed by atoms with van der Waals surface area (Å²) in [6.45, 7) is -0.114. The van der Waals surface area contributed by atoms with Crippen LogP contribution in [0.4, 0.5) is 5.82 Å². The van der Waals surface area contributed by atoms with Crippen LogP contribution in [0.1, 0.15) is 0 Å². The molecule has 0 bridgehead atoms. The first-order chi connectivity index (χ1) is 9.08. The van der Waals surface area contributed by atoms with Gasteiger partial charge in [-0.1, -0.05) is 0 Å². The molecule has 7 nitrogen and oxygen atoms in total. The van der Waals surface area contributed by atoms with Crippen LogP contribution in [0.2, 0.25) is 0 Å². The van der Waals surface area contributed by atoms with Crippen molar-refractivity contribution < 1.29 is 16.8 Å². The van der Waals surface area contributed by atoms with Crippen molar-refractivity contribution in [2.24, 2.45) is 0 Å². The molecule has 0 saturated carbocycles. The maximum atomic E-state index is 12.4. The summed E-state index contributed by atoms with van der Waals surface area (Å²) < 4.78 is 48.6. The fourth-order valence-corrected chi connectivity index (χ4v) is 3.93. The number of anilines is 1. The molecule has 0 unspecified atom stereocenters. The number of aromatic nitrogens is 1. The Morgan fingerprint density at radius 1 is 1.35 bits per heavy atom. The largest absolute Gasteiger partial charge is 0.372 e. The Morgan fingerprint density at radius 3 is 2.45 bits per heavy atom. The van der Waals surface area contributed by atoms with Crippen molar-refractivity contribution in [3.63, 3.8) is 0 Å². The topological polar surface area (TPSA) is 96.4 Å². The lowest BCUT2D eigenvalue weighted by Gasteiger charge is -2.18. The third-order valence-corrected chi connectivity index (χ3v) is 5.75. The average Bonchev–Trinajstić information content (AvgIpc) is 2.34. The van der Waals surface area contributed by atoms with Gasteiger partial charge in [-0.05, 0) is 22.0 Å². The molecule has 1 heterocycles. The molecule has 0 amide bonds. The van der Waals surface area contributed by atoms with E-state index in [1.807, 2.05) is 0 Å². The summed E-state index contributed by atoms with van der Waals surface area (Å²) in [4.78, 5) is 3.96. The second-order valence-electron chi connectivity index (χ2n) is 4.21. The molecule has 1 rings (SSSR count). The third-order valence-electron chi connectivity index (χ3n) is 2.52. The molecule has 20 heavy (non-hydrogen) atoms. The fraction of sp³-hybridized carbons (Fsp3) is 0.500. The average molecular weight is 386 g/mol. The number of nitrogens with one attached hydrogen (secondary N) is 1. The highest BCUT2D eigenvalue weighted by molar-refractivity contribution is 9.10. The van der Waals surface area contributed by atoms with Crippen molar-refractivity contribution in [2.45, 2.75) is 4.90 Å². The van der Waals surface area contributed by atoms with E-state index in [1.54, 1.807) is 7.05 Å². The van der Waals surface area contributed by atoms with E-state index >= 15 is 0 Å². The maximum Gasteiger partial charge on any atom is 0.246 e. The van der Waals surface area contributed by atoms with Crippen molar-refractivity contribution in [1.29, 1.82) is 0 Å². The molecule has 114 valence electrons. The molecule has 10 heteroatoms. The Morgan fingerprint density at radius 2 is 1.95 bits per heavy atom. The summed E-state index contributed by atoms with van der Waals surface area (Å²) in [5.74, 6) is -0.0293. The minimum atomic E-state index is -3.81. The zero-order valence-corrected chi connectivity index (χ0v) is 14.5. The van der Waals surface area contributed by atoms with Crippen molar-refractivity contribution in [1.82, 2.24) is 9.29 Å². The van der Waals surface area contributed by atoms with E-state index in [2.05, 4.69) is 26.2 Å². The standard InChI is InChI=1S/C10H16BrN3O4S2/c1-12-10-9(6-8(11)7-13-10)20(17,18)14(2)4-5-19(3,15)16/h6-7H,4-5H2,1-3H3,(H,12,13). The van der Waals surface area contributed by atoms with Gasteiger partial charge in [0.15, 0.2) is 0 Å². The molecule has 0 radical (unpaired) electrons. The predicted molar refractivity (Wildman–Crippen MR) is 81.0 cm³/mol. The molecule has 0 saturated heterocycles. The zero-order chi connectivity index (χ0) is 15.6. The van der Waals surface area contributed by atoms with Gasteiger partial charge in [-0.15, -0.1) is 0 Å². The maximum absolute atomic E-state index is 12.4. The quantitative estimate of drug-likeness (QED) is 0.767. The van der Waals surface area contributed by atoms with Gasteiger partial charge in [-0.25, -0.2) is 21.8 Å². The van der Waals surface area contributed by atoms with Gasteiger partial charge in [0.1, 0.15) is 20.6 Å². The first-order valence-corrected chi connectivity index (χ1v) is 9.84. The van der Waals surface area contributed by atoms with Crippen molar-refractivity contribution in [2.75, 3.05) is 38.0 Å². The summed E-state index contributed by atoms with van der Waals surface area (Å²) in [5.41, 5.74) is 0. The molecular formula is C10H16BrN3O4S2.